The fourth-order valence-corrected chi connectivity index (χ4v) is 4.06. The van der Waals surface area contributed by atoms with Crippen molar-refractivity contribution in [2.24, 2.45) is 0 Å². The number of nitrogens with one attached hydrogen (secondary N) is 1. The second-order valence-electron chi connectivity index (χ2n) is 8.68. The molecule has 3 aromatic rings. The number of hydrogen-bond donors (Lipinski definition) is 1. The maximum atomic E-state index is 13.5. The zero-order chi connectivity index (χ0) is 23.7. The van der Waals surface area contributed by atoms with E-state index in [9.17, 15) is 4.79 Å². The Hall–Kier alpha value is -3.04. The van der Waals surface area contributed by atoms with Crippen molar-refractivity contribution in [3.05, 3.63) is 46.9 Å². The van der Waals surface area contributed by atoms with Gasteiger partial charge in [0.05, 0.1) is 17.8 Å². The van der Waals surface area contributed by atoms with Crippen LogP contribution < -0.4 is 15.1 Å². The first kappa shape index (κ1) is 25.6. The van der Waals surface area contributed by atoms with Gasteiger partial charge in [-0.2, -0.15) is 0 Å². The molecular formula is C24H33ClN8O. The number of anilines is 2. The summed E-state index contributed by atoms with van der Waals surface area (Å²) in [5.74, 6) is 2.92. The van der Waals surface area contributed by atoms with Crippen LogP contribution in [-0.4, -0.2) is 50.8 Å². The molecule has 0 unspecified atom stereocenters. The third kappa shape index (κ3) is 4.63. The summed E-state index contributed by atoms with van der Waals surface area (Å²) in [5, 5.41) is 11.8. The molecule has 0 radical (unpaired) electrons. The zero-order valence-corrected chi connectivity index (χ0v) is 21.5. The number of nitrogens with zero attached hydrogens (tertiary/aromatic N) is 7. The fourth-order valence-electron chi connectivity index (χ4n) is 4.06. The van der Waals surface area contributed by atoms with Crippen molar-refractivity contribution < 1.29 is 4.79 Å². The van der Waals surface area contributed by atoms with Crippen LogP contribution in [-0.2, 0) is 19.6 Å². The van der Waals surface area contributed by atoms with Crippen LogP contribution in [0.4, 0.5) is 11.6 Å². The van der Waals surface area contributed by atoms with Crippen LogP contribution in [0.25, 0.3) is 11.5 Å². The summed E-state index contributed by atoms with van der Waals surface area (Å²) in [6, 6.07) is 7.87. The molecule has 0 spiro atoms. The number of fused-ring (bicyclic) bond motifs is 1. The Labute approximate surface area is 207 Å². The van der Waals surface area contributed by atoms with E-state index in [0.717, 1.165) is 41.7 Å². The van der Waals surface area contributed by atoms with E-state index in [1.54, 1.807) is 4.90 Å². The Morgan fingerprint density at radius 2 is 1.97 bits per heavy atom. The minimum atomic E-state index is -0.0565. The molecule has 0 saturated heterocycles. The van der Waals surface area contributed by atoms with E-state index in [1.165, 1.54) is 0 Å². The van der Waals surface area contributed by atoms with E-state index >= 15 is 0 Å². The van der Waals surface area contributed by atoms with E-state index < -0.39 is 0 Å². The molecule has 0 atom stereocenters. The molecule has 0 aliphatic carbocycles. The summed E-state index contributed by atoms with van der Waals surface area (Å²) in [5.41, 5.74) is 3.24. The molecule has 3 aromatic heterocycles. The lowest BCUT2D eigenvalue weighted by atomic mass is 10.1. The van der Waals surface area contributed by atoms with E-state index in [2.05, 4.69) is 45.8 Å². The number of amides is 1. The van der Waals surface area contributed by atoms with Crippen LogP contribution in [0.1, 0.15) is 54.6 Å². The Morgan fingerprint density at radius 1 is 1.21 bits per heavy atom. The molecule has 0 fully saturated rings. The number of halogens is 1. The van der Waals surface area contributed by atoms with Crippen molar-refractivity contribution in [2.45, 2.75) is 59.8 Å². The number of pyridine rings is 2. The highest BCUT2D eigenvalue weighted by Crippen LogP contribution is 2.32. The van der Waals surface area contributed by atoms with Crippen LogP contribution in [0.2, 0.25) is 0 Å². The summed E-state index contributed by atoms with van der Waals surface area (Å²) in [6.07, 6.45) is 0.972. The third-order valence-corrected chi connectivity index (χ3v) is 6.09. The summed E-state index contributed by atoms with van der Waals surface area (Å²) >= 11 is 0. The number of aryl methyl sites for hydroxylation is 1. The minimum absolute atomic E-state index is 0. The largest absolute Gasteiger partial charge is 0.357 e. The van der Waals surface area contributed by atoms with Crippen LogP contribution in [0.5, 0.6) is 0 Å². The lowest BCUT2D eigenvalue weighted by Crippen LogP contribution is -2.27. The van der Waals surface area contributed by atoms with Gasteiger partial charge in [0.15, 0.2) is 5.82 Å². The van der Waals surface area contributed by atoms with E-state index in [-0.39, 0.29) is 24.4 Å². The van der Waals surface area contributed by atoms with Crippen LogP contribution in [0, 0.1) is 6.92 Å². The van der Waals surface area contributed by atoms with Gasteiger partial charge in [-0.25, -0.2) is 9.97 Å². The lowest BCUT2D eigenvalue weighted by molar-refractivity contribution is 0.0996. The van der Waals surface area contributed by atoms with E-state index in [0.29, 0.717) is 30.2 Å². The van der Waals surface area contributed by atoms with Gasteiger partial charge in [0.1, 0.15) is 23.2 Å². The number of aromatic nitrogens is 5. The molecule has 1 N–H and O–H groups in total. The van der Waals surface area contributed by atoms with Gasteiger partial charge in [-0.3, -0.25) is 9.69 Å². The molecule has 34 heavy (non-hydrogen) atoms. The average Bonchev–Trinajstić information content (AvgIpc) is 3.34. The second-order valence-corrected chi connectivity index (χ2v) is 8.68. The summed E-state index contributed by atoms with van der Waals surface area (Å²) in [4.78, 5) is 27.0. The first-order chi connectivity index (χ1) is 15.8. The predicted octanol–water partition coefficient (Wildman–Crippen LogP) is 3.60. The number of carbonyl (C=O) groups is 1. The van der Waals surface area contributed by atoms with Crippen LogP contribution in [0.3, 0.4) is 0 Å². The third-order valence-electron chi connectivity index (χ3n) is 6.09. The van der Waals surface area contributed by atoms with Crippen molar-refractivity contribution in [1.29, 1.82) is 0 Å². The van der Waals surface area contributed by atoms with Gasteiger partial charge in [-0.05, 0) is 52.4 Å². The highest BCUT2D eigenvalue weighted by Gasteiger charge is 2.33. The predicted molar refractivity (Wildman–Crippen MR) is 137 cm³/mol. The van der Waals surface area contributed by atoms with Gasteiger partial charge >= 0.3 is 0 Å². The second kappa shape index (κ2) is 10.5. The van der Waals surface area contributed by atoms with Crippen LogP contribution in [0.15, 0.2) is 24.3 Å². The van der Waals surface area contributed by atoms with Gasteiger partial charge in [0.25, 0.3) is 5.91 Å². The van der Waals surface area contributed by atoms with Crippen molar-refractivity contribution in [2.75, 3.05) is 23.9 Å². The van der Waals surface area contributed by atoms with Crippen LogP contribution >= 0.6 is 12.4 Å². The molecule has 4 heterocycles. The number of rotatable bonds is 8. The Kier molecular flexibility index (Phi) is 7.89. The fraction of sp³-hybridized carbons (Fsp3) is 0.458. The van der Waals surface area contributed by atoms with E-state index in [1.807, 2.05) is 45.3 Å². The quantitative estimate of drug-likeness (QED) is 0.522. The topological polar surface area (TPSA) is 92.1 Å². The molecule has 9 nitrogen and oxygen atoms in total. The van der Waals surface area contributed by atoms with Gasteiger partial charge in [0.2, 0.25) is 0 Å². The Morgan fingerprint density at radius 3 is 2.65 bits per heavy atom. The monoisotopic (exact) mass is 484 g/mol. The maximum Gasteiger partial charge on any atom is 0.260 e. The summed E-state index contributed by atoms with van der Waals surface area (Å²) < 4.78 is 2.07. The van der Waals surface area contributed by atoms with Crippen molar-refractivity contribution in [3.63, 3.8) is 0 Å². The summed E-state index contributed by atoms with van der Waals surface area (Å²) in [6.45, 7) is 10.1. The molecule has 182 valence electrons. The molecule has 0 saturated carbocycles. The number of carbonyl (C=O) groups excluding carboxylic acids is 1. The molecule has 0 aromatic carbocycles. The normalized spacial score (nSPS) is 12.8. The SMILES string of the molecule is CCCn1c(C)nnc1-c1cccc(N2Cc3c(cc(N(C)C(C)C)nc3CNC)C2=O)n1.Cl. The van der Waals surface area contributed by atoms with Gasteiger partial charge in [0, 0.05) is 31.7 Å². The minimum Gasteiger partial charge on any atom is -0.357 e. The molecule has 4 rings (SSSR count). The zero-order valence-electron chi connectivity index (χ0n) is 20.7. The van der Waals surface area contributed by atoms with E-state index in [4.69, 9.17) is 9.97 Å². The lowest BCUT2D eigenvalue weighted by Gasteiger charge is -2.24. The molecule has 0 bridgehead atoms. The Bertz CT molecular complexity index is 1180. The highest BCUT2D eigenvalue weighted by molar-refractivity contribution is 6.10. The van der Waals surface area contributed by atoms with Crippen molar-refractivity contribution in [1.82, 2.24) is 30.0 Å². The maximum absolute atomic E-state index is 13.5. The molecular weight excluding hydrogens is 452 g/mol. The first-order valence-corrected chi connectivity index (χ1v) is 11.4. The molecule has 1 aliphatic rings. The van der Waals surface area contributed by atoms with Crippen molar-refractivity contribution >= 4 is 29.9 Å². The smallest absolute Gasteiger partial charge is 0.260 e. The molecule has 1 amide bonds. The Balaban J connectivity index is 0.00000324. The van der Waals surface area contributed by atoms with Gasteiger partial charge < -0.3 is 14.8 Å². The average molecular weight is 485 g/mol. The highest BCUT2D eigenvalue weighted by atomic mass is 35.5. The van der Waals surface area contributed by atoms with Crippen molar-refractivity contribution in [3.8, 4) is 11.5 Å². The molecule has 10 heteroatoms. The standard InChI is InChI=1S/C24H32N8O.ClH/c1-7-11-31-16(4)28-29-23(31)19-9-8-10-21(26-19)32-14-18-17(24(32)33)12-22(30(6)15(2)3)27-20(18)13-25-5;/h8-10,12,15,25H,7,11,13-14H2,1-6H3;1H. The van der Waals surface area contributed by atoms with Gasteiger partial charge in [-0.1, -0.05) is 13.0 Å². The first-order valence-electron chi connectivity index (χ1n) is 11.4. The van der Waals surface area contributed by atoms with Gasteiger partial charge in [-0.15, -0.1) is 22.6 Å². The summed E-state index contributed by atoms with van der Waals surface area (Å²) in [7, 11) is 3.89. The molecule has 1 aliphatic heterocycles. The number of hydrogen-bond acceptors (Lipinski definition) is 7.